The molecule has 0 N–H and O–H groups in total. The van der Waals surface area contributed by atoms with Gasteiger partial charge in [-0.05, 0) is 18.6 Å². The Bertz CT molecular complexity index is 170. The highest BCUT2D eigenvalue weighted by molar-refractivity contribution is 6.30. The van der Waals surface area contributed by atoms with Crippen molar-refractivity contribution >= 4 is 15.6 Å². The van der Waals surface area contributed by atoms with E-state index in [2.05, 4.69) is 20.4 Å². The Morgan fingerprint density at radius 3 is 2.75 bits per heavy atom. The molecule has 2 nitrogen and oxygen atoms in total. The highest BCUT2D eigenvalue weighted by Crippen LogP contribution is 1.83. The lowest BCUT2D eigenvalue weighted by atomic mass is 10.4. The summed E-state index contributed by atoms with van der Waals surface area (Å²) in [7, 11) is 3.24. The Labute approximate surface area is 51.4 Å². The van der Waals surface area contributed by atoms with E-state index < -0.39 is 0 Å². The molecule has 0 aliphatic carbocycles. The summed E-state index contributed by atoms with van der Waals surface area (Å²) in [5.41, 5.74) is 1.12. The molecule has 0 unspecified atom stereocenters. The lowest BCUT2D eigenvalue weighted by Gasteiger charge is -1.88. The Hall–Kier alpha value is -0.703. The fourth-order valence-corrected chi connectivity index (χ4v) is 0.749. The third-order valence-corrected chi connectivity index (χ3v) is 1.04. The van der Waals surface area contributed by atoms with Crippen LogP contribution in [0.25, 0.3) is 0 Å². The highest BCUT2D eigenvalue weighted by atomic mass is 28.1. The molecular weight excluding hydrogens is 116 g/mol. The van der Waals surface area contributed by atoms with Crippen LogP contribution in [-0.4, -0.2) is 20.4 Å². The van der Waals surface area contributed by atoms with Crippen molar-refractivity contribution in [3.8, 4) is 0 Å². The predicted octanol–water partition coefficient (Wildman–Crippen LogP) is -0.421. The summed E-state index contributed by atoms with van der Waals surface area (Å²) in [6.45, 7) is 1.97. The molecule has 0 aliphatic rings. The number of rotatable bonds is 0. The van der Waals surface area contributed by atoms with E-state index in [-0.39, 0.29) is 0 Å². The Morgan fingerprint density at radius 1 is 1.62 bits per heavy atom. The van der Waals surface area contributed by atoms with Gasteiger partial charge in [0.1, 0.15) is 10.2 Å². The highest BCUT2D eigenvalue weighted by Gasteiger charge is 1.83. The van der Waals surface area contributed by atoms with E-state index in [1.54, 1.807) is 6.20 Å². The normalized spacial score (nSPS) is 9.25. The van der Waals surface area contributed by atoms with Gasteiger partial charge in [0.2, 0.25) is 0 Å². The molecule has 39 valence electrons. The summed E-state index contributed by atoms with van der Waals surface area (Å²) in [5.74, 6) is 0. The van der Waals surface area contributed by atoms with Crippen LogP contribution in [-0.2, 0) is 0 Å². The van der Waals surface area contributed by atoms with Crippen molar-refractivity contribution in [1.82, 2.24) is 10.2 Å². The number of aromatic nitrogens is 2. The van der Waals surface area contributed by atoms with Crippen LogP contribution < -0.4 is 5.32 Å². The van der Waals surface area contributed by atoms with Crippen LogP contribution in [0.15, 0.2) is 12.3 Å². The molecule has 3 heteroatoms. The van der Waals surface area contributed by atoms with Crippen molar-refractivity contribution in [2.45, 2.75) is 6.92 Å². The van der Waals surface area contributed by atoms with Crippen molar-refractivity contribution in [3.63, 3.8) is 0 Å². The predicted molar refractivity (Wildman–Crippen MR) is 32.2 cm³/mol. The molecule has 1 heterocycles. The smallest absolute Gasteiger partial charge is 0.102 e. The van der Waals surface area contributed by atoms with Gasteiger partial charge in [-0.1, -0.05) is 0 Å². The Morgan fingerprint density at radius 2 is 2.38 bits per heavy atom. The number of hydrogen-bond donors (Lipinski definition) is 0. The van der Waals surface area contributed by atoms with Gasteiger partial charge >= 0.3 is 0 Å². The monoisotopic (exact) mass is 121 g/mol. The summed E-state index contributed by atoms with van der Waals surface area (Å²) in [5, 5.41) is 8.17. The molecule has 0 aromatic carbocycles. The molecule has 0 saturated heterocycles. The van der Waals surface area contributed by atoms with Gasteiger partial charge in [0.25, 0.3) is 0 Å². The van der Waals surface area contributed by atoms with E-state index in [0.29, 0.717) is 0 Å². The topological polar surface area (TPSA) is 25.8 Å². The quantitative estimate of drug-likeness (QED) is 0.436. The first-order valence-corrected chi connectivity index (χ1v) is 2.80. The number of aryl methyl sites for hydroxylation is 1. The lowest BCUT2D eigenvalue weighted by Crippen LogP contribution is -2.08. The van der Waals surface area contributed by atoms with Gasteiger partial charge in [-0.25, -0.2) is 0 Å². The van der Waals surface area contributed by atoms with Gasteiger partial charge in [-0.3, -0.25) is 0 Å². The molecule has 0 bridgehead atoms. The van der Waals surface area contributed by atoms with Crippen LogP contribution in [0.3, 0.4) is 0 Å². The minimum atomic E-state index is 0.782. The van der Waals surface area contributed by atoms with Crippen LogP contribution >= 0.6 is 0 Å². The fourth-order valence-electron chi connectivity index (χ4n) is 0.464. The third-order valence-electron chi connectivity index (χ3n) is 0.791. The molecular formula is C5H5N2Si. The third kappa shape index (κ3) is 1.13. The Kier molecular flexibility index (Phi) is 1.39. The van der Waals surface area contributed by atoms with Crippen molar-refractivity contribution < 1.29 is 0 Å². The van der Waals surface area contributed by atoms with Crippen molar-refractivity contribution in [1.29, 1.82) is 0 Å². The van der Waals surface area contributed by atoms with Crippen molar-refractivity contribution in [2.24, 2.45) is 0 Å². The lowest BCUT2D eigenvalue weighted by molar-refractivity contribution is 1.04. The average Bonchev–Trinajstić information content (AvgIpc) is 1.64. The average molecular weight is 121 g/mol. The first-order chi connectivity index (χ1) is 3.79. The zero-order valence-electron chi connectivity index (χ0n) is 4.55. The number of nitrogens with zero attached hydrogens (tertiary/aromatic N) is 2. The second-order valence-corrected chi connectivity index (χ2v) is 2.13. The summed E-state index contributed by atoms with van der Waals surface area (Å²) in [4.78, 5) is 0. The molecule has 3 radical (unpaired) electrons. The number of hydrogen-bond acceptors (Lipinski definition) is 2. The fraction of sp³-hybridized carbons (Fsp3) is 0.200. The first kappa shape index (κ1) is 5.43. The molecule has 0 fully saturated rings. The summed E-state index contributed by atoms with van der Waals surface area (Å²) in [6.07, 6.45) is 1.71. The molecule has 8 heavy (non-hydrogen) atoms. The molecule has 1 aromatic rings. The van der Waals surface area contributed by atoms with Gasteiger partial charge in [-0.2, -0.15) is 10.2 Å². The first-order valence-electron chi connectivity index (χ1n) is 2.30. The maximum atomic E-state index is 3.70. The van der Waals surface area contributed by atoms with E-state index in [4.69, 9.17) is 0 Å². The maximum Gasteiger partial charge on any atom is 0.102 e. The van der Waals surface area contributed by atoms with Crippen LogP contribution in [0.2, 0.25) is 0 Å². The van der Waals surface area contributed by atoms with Crippen LogP contribution in [0.4, 0.5) is 0 Å². The van der Waals surface area contributed by atoms with Crippen molar-refractivity contribution in [3.05, 3.63) is 17.8 Å². The van der Waals surface area contributed by atoms with Gasteiger partial charge in [-0.15, -0.1) is 0 Å². The SMILES string of the molecule is Cc1cnnc([Si])c1. The molecule has 1 rings (SSSR count). The van der Waals surface area contributed by atoms with Gasteiger partial charge < -0.3 is 0 Å². The van der Waals surface area contributed by atoms with Gasteiger partial charge in [0.05, 0.1) is 6.20 Å². The van der Waals surface area contributed by atoms with E-state index in [1.807, 2.05) is 13.0 Å². The standard InChI is InChI=1S/C5H5N2Si/c1-4-2-5(8)7-6-3-4/h2-3H,1H3. The van der Waals surface area contributed by atoms with E-state index >= 15 is 0 Å². The van der Waals surface area contributed by atoms with Crippen LogP contribution in [0.5, 0.6) is 0 Å². The zero-order valence-corrected chi connectivity index (χ0v) is 5.55. The molecule has 0 amide bonds. The van der Waals surface area contributed by atoms with Gasteiger partial charge in [0.15, 0.2) is 0 Å². The zero-order chi connectivity index (χ0) is 5.98. The summed E-state index contributed by atoms with van der Waals surface area (Å²) in [6, 6.07) is 1.91. The van der Waals surface area contributed by atoms with E-state index in [0.717, 1.165) is 10.9 Å². The Balaban J connectivity index is 3.08. The molecule has 0 atom stereocenters. The summed E-state index contributed by atoms with van der Waals surface area (Å²) < 4.78 is 0. The molecule has 0 spiro atoms. The minimum Gasteiger partial charge on any atom is -0.161 e. The summed E-state index contributed by atoms with van der Waals surface area (Å²) >= 11 is 0. The molecule has 0 saturated carbocycles. The second-order valence-electron chi connectivity index (χ2n) is 1.62. The maximum absolute atomic E-state index is 3.70. The molecule has 0 aliphatic heterocycles. The van der Waals surface area contributed by atoms with E-state index in [9.17, 15) is 0 Å². The van der Waals surface area contributed by atoms with Gasteiger partial charge in [0, 0.05) is 5.32 Å². The van der Waals surface area contributed by atoms with Crippen molar-refractivity contribution in [2.75, 3.05) is 0 Å². The largest absolute Gasteiger partial charge is 0.161 e. The minimum absolute atomic E-state index is 0.782. The molecule has 1 aromatic heterocycles. The van der Waals surface area contributed by atoms with Crippen LogP contribution in [0.1, 0.15) is 5.56 Å². The van der Waals surface area contributed by atoms with Crippen LogP contribution in [0, 0.1) is 6.92 Å². The van der Waals surface area contributed by atoms with E-state index in [1.165, 1.54) is 0 Å². The second kappa shape index (κ2) is 2.04.